The Morgan fingerprint density at radius 1 is 1.32 bits per heavy atom. The summed E-state index contributed by atoms with van der Waals surface area (Å²) in [5, 5.41) is 3.20. The zero-order chi connectivity index (χ0) is 18.1. The summed E-state index contributed by atoms with van der Waals surface area (Å²) in [5.41, 5.74) is 0.694. The fraction of sp³-hybridized carbons (Fsp3) is 0.176. The molecule has 0 unspecified atom stereocenters. The topological polar surface area (TPSA) is 101 Å². The van der Waals surface area contributed by atoms with E-state index in [1.807, 2.05) is 0 Å². The predicted molar refractivity (Wildman–Crippen MR) is 95.9 cm³/mol. The number of anilines is 1. The van der Waals surface area contributed by atoms with Crippen LogP contribution in [0.15, 0.2) is 29.2 Å². The summed E-state index contributed by atoms with van der Waals surface area (Å²) in [7, 11) is 1.50. The quantitative estimate of drug-likeness (QED) is 0.699. The highest BCUT2D eigenvalue weighted by atomic mass is 32.1. The Hall–Kier alpha value is -3.00. The summed E-state index contributed by atoms with van der Waals surface area (Å²) in [6, 6.07) is 5.01. The number of H-pyrrole nitrogens is 1. The predicted octanol–water partition coefficient (Wildman–Crippen LogP) is 2.76. The number of amides is 1. The Bertz CT molecular complexity index is 1050. The SMILES string of the molecule is COc1ccc2[nH]cc(C(=O)Nc3nc(C)c(C(C)=O)s3)c(=O)c2c1. The second-order valence-electron chi connectivity index (χ2n) is 5.39. The molecular weight excluding hydrogens is 342 g/mol. The molecule has 1 amide bonds. The lowest BCUT2D eigenvalue weighted by atomic mass is 10.1. The summed E-state index contributed by atoms with van der Waals surface area (Å²) in [6.07, 6.45) is 1.36. The highest BCUT2D eigenvalue weighted by Gasteiger charge is 2.17. The van der Waals surface area contributed by atoms with Gasteiger partial charge in [0.25, 0.3) is 5.91 Å². The lowest BCUT2D eigenvalue weighted by Gasteiger charge is -2.05. The highest BCUT2D eigenvalue weighted by molar-refractivity contribution is 7.17. The number of methoxy groups -OCH3 is 1. The summed E-state index contributed by atoms with van der Waals surface area (Å²) in [6.45, 7) is 3.13. The van der Waals surface area contributed by atoms with Crippen molar-refractivity contribution in [2.24, 2.45) is 0 Å². The molecule has 2 aromatic heterocycles. The number of hydrogen-bond donors (Lipinski definition) is 2. The Morgan fingerprint density at radius 3 is 2.72 bits per heavy atom. The number of benzene rings is 1. The summed E-state index contributed by atoms with van der Waals surface area (Å²) < 4.78 is 5.12. The van der Waals surface area contributed by atoms with E-state index in [4.69, 9.17) is 4.74 Å². The first-order chi connectivity index (χ1) is 11.9. The van der Waals surface area contributed by atoms with Crippen molar-refractivity contribution in [2.45, 2.75) is 13.8 Å². The van der Waals surface area contributed by atoms with Gasteiger partial charge < -0.3 is 9.72 Å². The van der Waals surface area contributed by atoms with Crippen LogP contribution >= 0.6 is 11.3 Å². The minimum absolute atomic E-state index is 0.0435. The molecule has 7 nitrogen and oxygen atoms in total. The number of pyridine rings is 1. The zero-order valence-corrected chi connectivity index (χ0v) is 14.6. The van der Waals surface area contributed by atoms with E-state index >= 15 is 0 Å². The molecule has 25 heavy (non-hydrogen) atoms. The second-order valence-corrected chi connectivity index (χ2v) is 6.39. The van der Waals surface area contributed by atoms with E-state index in [0.717, 1.165) is 11.3 Å². The lowest BCUT2D eigenvalue weighted by Crippen LogP contribution is -2.21. The molecule has 0 spiro atoms. The molecule has 2 N–H and O–H groups in total. The molecule has 0 aliphatic heterocycles. The number of Topliss-reactive ketones (excluding diaryl/α,β-unsaturated/α-hetero) is 1. The van der Waals surface area contributed by atoms with Crippen LogP contribution in [0, 0.1) is 6.92 Å². The molecule has 0 fully saturated rings. The third kappa shape index (κ3) is 3.16. The largest absolute Gasteiger partial charge is 0.497 e. The summed E-state index contributed by atoms with van der Waals surface area (Å²) in [5.74, 6) is -0.182. The number of aromatic nitrogens is 2. The molecule has 0 bridgehead atoms. The van der Waals surface area contributed by atoms with Gasteiger partial charge in [-0.3, -0.25) is 19.7 Å². The molecule has 0 atom stereocenters. The average Bonchev–Trinajstić information content (AvgIpc) is 2.95. The van der Waals surface area contributed by atoms with E-state index in [1.54, 1.807) is 25.1 Å². The molecule has 0 aliphatic rings. The van der Waals surface area contributed by atoms with Gasteiger partial charge in [0, 0.05) is 24.0 Å². The van der Waals surface area contributed by atoms with E-state index in [9.17, 15) is 14.4 Å². The van der Waals surface area contributed by atoms with E-state index in [2.05, 4.69) is 15.3 Å². The fourth-order valence-electron chi connectivity index (χ4n) is 2.43. The maximum atomic E-state index is 12.6. The Kier molecular flexibility index (Phi) is 4.37. The fourth-order valence-corrected chi connectivity index (χ4v) is 3.29. The van der Waals surface area contributed by atoms with Gasteiger partial charge >= 0.3 is 0 Å². The number of carbonyl (C=O) groups excluding carboxylic acids is 2. The molecule has 2 heterocycles. The van der Waals surface area contributed by atoms with Gasteiger partial charge in [0.05, 0.1) is 17.7 Å². The maximum absolute atomic E-state index is 12.6. The second kappa shape index (κ2) is 6.48. The van der Waals surface area contributed by atoms with Gasteiger partial charge in [-0.25, -0.2) is 4.98 Å². The van der Waals surface area contributed by atoms with Crippen molar-refractivity contribution in [3.63, 3.8) is 0 Å². The Labute approximate surface area is 146 Å². The summed E-state index contributed by atoms with van der Waals surface area (Å²) in [4.78, 5) is 44.1. The van der Waals surface area contributed by atoms with Gasteiger partial charge in [0.15, 0.2) is 10.9 Å². The van der Waals surface area contributed by atoms with Gasteiger partial charge in [-0.1, -0.05) is 11.3 Å². The normalized spacial score (nSPS) is 10.7. The third-order valence-corrected chi connectivity index (χ3v) is 4.84. The minimum atomic E-state index is -0.588. The van der Waals surface area contributed by atoms with Crippen LogP contribution in [0.25, 0.3) is 10.9 Å². The zero-order valence-electron chi connectivity index (χ0n) is 13.8. The average molecular weight is 357 g/mol. The smallest absolute Gasteiger partial charge is 0.262 e. The Morgan fingerprint density at radius 2 is 2.08 bits per heavy atom. The standard InChI is InChI=1S/C17H15N3O4S/c1-8-15(9(2)21)25-17(19-8)20-16(23)12-7-18-13-5-4-10(24-3)6-11(13)14(12)22/h4-7H,1-3H3,(H,18,22)(H,19,20,23). The summed E-state index contributed by atoms with van der Waals surface area (Å²) >= 11 is 1.08. The maximum Gasteiger partial charge on any atom is 0.262 e. The Balaban J connectivity index is 1.97. The number of aromatic amines is 1. The molecule has 3 rings (SSSR count). The number of ether oxygens (including phenoxy) is 1. The van der Waals surface area contributed by atoms with Gasteiger partial charge in [0.2, 0.25) is 5.43 Å². The number of rotatable bonds is 4. The number of nitrogens with zero attached hydrogens (tertiary/aromatic N) is 1. The molecule has 0 saturated heterocycles. The van der Waals surface area contributed by atoms with Crippen molar-refractivity contribution in [2.75, 3.05) is 12.4 Å². The molecular formula is C17H15N3O4S. The van der Waals surface area contributed by atoms with Crippen LogP contribution < -0.4 is 15.5 Å². The van der Waals surface area contributed by atoms with Gasteiger partial charge in [0.1, 0.15) is 11.3 Å². The van der Waals surface area contributed by atoms with Crippen molar-refractivity contribution in [3.8, 4) is 5.75 Å². The molecule has 128 valence electrons. The molecule has 3 aromatic rings. The van der Waals surface area contributed by atoms with Crippen LogP contribution in [-0.4, -0.2) is 28.8 Å². The number of ketones is 1. The molecule has 0 saturated carbocycles. The number of nitrogens with one attached hydrogen (secondary N) is 2. The van der Waals surface area contributed by atoms with Crippen LogP contribution in [0.4, 0.5) is 5.13 Å². The number of aryl methyl sites for hydroxylation is 1. The first-order valence-corrected chi connectivity index (χ1v) is 8.21. The van der Waals surface area contributed by atoms with Crippen molar-refractivity contribution in [1.82, 2.24) is 9.97 Å². The number of thiazole rings is 1. The monoisotopic (exact) mass is 357 g/mol. The molecule has 8 heteroatoms. The highest BCUT2D eigenvalue weighted by Crippen LogP contribution is 2.23. The molecule has 0 aliphatic carbocycles. The van der Waals surface area contributed by atoms with E-state index < -0.39 is 11.3 Å². The number of hydrogen-bond acceptors (Lipinski definition) is 6. The van der Waals surface area contributed by atoms with Crippen LogP contribution in [-0.2, 0) is 0 Å². The van der Waals surface area contributed by atoms with Crippen molar-refractivity contribution in [1.29, 1.82) is 0 Å². The van der Waals surface area contributed by atoms with E-state index in [0.29, 0.717) is 27.2 Å². The third-order valence-electron chi connectivity index (χ3n) is 3.67. The number of carbonyl (C=O) groups is 2. The molecule has 1 aromatic carbocycles. The van der Waals surface area contributed by atoms with E-state index in [-0.39, 0.29) is 16.5 Å². The number of fused-ring (bicyclic) bond motifs is 1. The van der Waals surface area contributed by atoms with E-state index in [1.165, 1.54) is 20.2 Å². The van der Waals surface area contributed by atoms with Crippen LogP contribution in [0.5, 0.6) is 5.75 Å². The van der Waals surface area contributed by atoms with Gasteiger partial charge in [-0.15, -0.1) is 0 Å². The van der Waals surface area contributed by atoms with Crippen LogP contribution in [0.1, 0.15) is 32.6 Å². The van der Waals surface area contributed by atoms with Gasteiger partial charge in [-0.05, 0) is 25.1 Å². The van der Waals surface area contributed by atoms with Crippen LogP contribution in [0.3, 0.4) is 0 Å². The van der Waals surface area contributed by atoms with Crippen molar-refractivity contribution >= 4 is 39.1 Å². The van der Waals surface area contributed by atoms with Crippen LogP contribution in [0.2, 0.25) is 0 Å². The van der Waals surface area contributed by atoms with Crippen molar-refractivity contribution in [3.05, 3.63) is 50.8 Å². The molecule has 0 radical (unpaired) electrons. The minimum Gasteiger partial charge on any atom is -0.497 e. The lowest BCUT2D eigenvalue weighted by molar-refractivity contribution is 0.101. The van der Waals surface area contributed by atoms with Crippen molar-refractivity contribution < 1.29 is 14.3 Å². The first kappa shape index (κ1) is 16.8. The first-order valence-electron chi connectivity index (χ1n) is 7.40. The van der Waals surface area contributed by atoms with Gasteiger partial charge in [-0.2, -0.15) is 0 Å².